The third-order valence-corrected chi connectivity index (χ3v) is 3.21. The van der Waals surface area contributed by atoms with Crippen molar-refractivity contribution in [1.82, 2.24) is 9.97 Å². The molecule has 2 aromatic heterocycles. The zero-order valence-corrected chi connectivity index (χ0v) is 11.5. The normalized spacial score (nSPS) is 10.3. The molecule has 0 aliphatic carbocycles. The molecule has 0 atom stereocenters. The molecule has 0 spiro atoms. The second-order valence-electron chi connectivity index (χ2n) is 4.54. The zero-order chi connectivity index (χ0) is 14.7. The standard InChI is InChI=1S/C16H14N4O/c1-17-15-9-11(5-8-19-15)16(21)20-14-4-2-3-12-10-18-7-6-13(12)14/h2-10H,1H3,(H,17,19)(H,20,21). The Morgan fingerprint density at radius 1 is 1.14 bits per heavy atom. The molecule has 104 valence electrons. The Morgan fingerprint density at radius 2 is 2.05 bits per heavy atom. The predicted octanol–water partition coefficient (Wildman–Crippen LogP) is 2.92. The van der Waals surface area contributed by atoms with E-state index in [0.717, 1.165) is 16.5 Å². The van der Waals surface area contributed by atoms with Gasteiger partial charge in [-0.3, -0.25) is 9.78 Å². The first kappa shape index (κ1) is 13.1. The van der Waals surface area contributed by atoms with E-state index in [2.05, 4.69) is 20.6 Å². The fourth-order valence-electron chi connectivity index (χ4n) is 2.13. The van der Waals surface area contributed by atoms with Crippen LogP contribution in [0.5, 0.6) is 0 Å². The van der Waals surface area contributed by atoms with E-state index in [0.29, 0.717) is 11.4 Å². The molecule has 0 fully saturated rings. The number of carbonyl (C=O) groups is 1. The summed E-state index contributed by atoms with van der Waals surface area (Å²) in [5.74, 6) is 0.489. The minimum absolute atomic E-state index is 0.168. The highest BCUT2D eigenvalue weighted by atomic mass is 16.1. The molecule has 0 aliphatic heterocycles. The van der Waals surface area contributed by atoms with E-state index in [1.165, 1.54) is 0 Å². The lowest BCUT2D eigenvalue weighted by Crippen LogP contribution is -2.12. The minimum Gasteiger partial charge on any atom is -0.373 e. The summed E-state index contributed by atoms with van der Waals surface area (Å²) in [6.07, 6.45) is 5.09. The fourth-order valence-corrected chi connectivity index (χ4v) is 2.13. The number of benzene rings is 1. The molecule has 5 nitrogen and oxygen atoms in total. The van der Waals surface area contributed by atoms with Crippen LogP contribution in [0.2, 0.25) is 0 Å². The monoisotopic (exact) mass is 278 g/mol. The number of fused-ring (bicyclic) bond motifs is 1. The van der Waals surface area contributed by atoms with Gasteiger partial charge in [0.05, 0.1) is 0 Å². The number of rotatable bonds is 3. The van der Waals surface area contributed by atoms with Crippen molar-refractivity contribution in [2.45, 2.75) is 0 Å². The summed E-state index contributed by atoms with van der Waals surface area (Å²) in [7, 11) is 1.77. The van der Waals surface area contributed by atoms with Gasteiger partial charge >= 0.3 is 0 Å². The van der Waals surface area contributed by atoms with Crippen molar-refractivity contribution in [2.75, 3.05) is 17.7 Å². The summed E-state index contributed by atoms with van der Waals surface area (Å²) >= 11 is 0. The Morgan fingerprint density at radius 3 is 2.90 bits per heavy atom. The zero-order valence-electron chi connectivity index (χ0n) is 11.5. The number of pyridine rings is 2. The summed E-state index contributed by atoms with van der Waals surface area (Å²) in [5, 5.41) is 7.80. The van der Waals surface area contributed by atoms with E-state index in [1.807, 2.05) is 24.3 Å². The molecular formula is C16H14N4O. The molecule has 3 aromatic rings. The highest BCUT2D eigenvalue weighted by molar-refractivity contribution is 6.09. The molecule has 2 heterocycles. The number of carbonyl (C=O) groups excluding carboxylic acids is 1. The largest absolute Gasteiger partial charge is 0.373 e. The van der Waals surface area contributed by atoms with Gasteiger partial charge in [-0.1, -0.05) is 12.1 Å². The fraction of sp³-hybridized carbons (Fsp3) is 0.0625. The second-order valence-corrected chi connectivity index (χ2v) is 4.54. The van der Waals surface area contributed by atoms with Gasteiger partial charge in [0.2, 0.25) is 0 Å². The van der Waals surface area contributed by atoms with Gasteiger partial charge in [-0.05, 0) is 24.3 Å². The number of nitrogens with zero attached hydrogens (tertiary/aromatic N) is 2. The number of anilines is 2. The lowest BCUT2D eigenvalue weighted by atomic mass is 10.1. The van der Waals surface area contributed by atoms with Crippen LogP contribution in [0.15, 0.2) is 55.0 Å². The van der Waals surface area contributed by atoms with Crippen LogP contribution < -0.4 is 10.6 Å². The maximum atomic E-state index is 12.3. The van der Waals surface area contributed by atoms with E-state index in [4.69, 9.17) is 0 Å². The van der Waals surface area contributed by atoms with Crippen molar-refractivity contribution >= 4 is 28.2 Å². The van der Waals surface area contributed by atoms with Crippen LogP contribution in [0.3, 0.4) is 0 Å². The molecule has 1 aromatic carbocycles. The average molecular weight is 278 g/mol. The average Bonchev–Trinajstić information content (AvgIpc) is 2.55. The number of aromatic nitrogens is 2. The summed E-state index contributed by atoms with van der Waals surface area (Å²) in [6.45, 7) is 0. The molecule has 0 radical (unpaired) electrons. The topological polar surface area (TPSA) is 66.9 Å². The van der Waals surface area contributed by atoms with Crippen molar-refractivity contribution in [2.24, 2.45) is 0 Å². The molecule has 0 saturated heterocycles. The van der Waals surface area contributed by atoms with Gasteiger partial charge in [-0.25, -0.2) is 4.98 Å². The summed E-state index contributed by atoms with van der Waals surface area (Å²) in [4.78, 5) is 20.5. The van der Waals surface area contributed by atoms with Crippen molar-refractivity contribution < 1.29 is 4.79 Å². The predicted molar refractivity (Wildman–Crippen MR) is 83.5 cm³/mol. The van der Waals surface area contributed by atoms with Crippen LogP contribution in [0.4, 0.5) is 11.5 Å². The highest BCUT2D eigenvalue weighted by Gasteiger charge is 2.09. The van der Waals surface area contributed by atoms with Crippen LogP contribution >= 0.6 is 0 Å². The third kappa shape index (κ3) is 2.67. The number of nitrogens with one attached hydrogen (secondary N) is 2. The van der Waals surface area contributed by atoms with Crippen LogP contribution in [0.25, 0.3) is 10.8 Å². The van der Waals surface area contributed by atoms with Crippen molar-refractivity contribution in [1.29, 1.82) is 0 Å². The molecule has 0 saturated carbocycles. The molecular weight excluding hydrogens is 264 g/mol. The van der Waals surface area contributed by atoms with Gasteiger partial charge in [0.25, 0.3) is 5.91 Å². The highest BCUT2D eigenvalue weighted by Crippen LogP contribution is 2.22. The molecule has 21 heavy (non-hydrogen) atoms. The quantitative estimate of drug-likeness (QED) is 0.773. The maximum Gasteiger partial charge on any atom is 0.255 e. The Labute approximate surface area is 122 Å². The summed E-state index contributed by atoms with van der Waals surface area (Å²) in [6, 6.07) is 11.0. The van der Waals surface area contributed by atoms with Crippen LogP contribution in [-0.4, -0.2) is 22.9 Å². The maximum absolute atomic E-state index is 12.3. The Hall–Kier alpha value is -2.95. The summed E-state index contributed by atoms with van der Waals surface area (Å²) < 4.78 is 0. The molecule has 0 aliphatic rings. The van der Waals surface area contributed by atoms with Gasteiger partial charge in [0.1, 0.15) is 5.82 Å². The van der Waals surface area contributed by atoms with Crippen molar-refractivity contribution in [3.8, 4) is 0 Å². The first-order chi connectivity index (χ1) is 10.3. The van der Waals surface area contributed by atoms with Gasteiger partial charge in [-0.2, -0.15) is 0 Å². The lowest BCUT2D eigenvalue weighted by molar-refractivity contribution is 0.102. The number of hydrogen-bond donors (Lipinski definition) is 2. The van der Waals surface area contributed by atoms with Crippen LogP contribution in [-0.2, 0) is 0 Å². The van der Waals surface area contributed by atoms with Gasteiger partial charge in [-0.15, -0.1) is 0 Å². The van der Waals surface area contributed by atoms with Crippen molar-refractivity contribution in [3.05, 3.63) is 60.6 Å². The molecule has 0 bridgehead atoms. The second kappa shape index (κ2) is 5.58. The smallest absolute Gasteiger partial charge is 0.255 e. The van der Waals surface area contributed by atoms with E-state index >= 15 is 0 Å². The van der Waals surface area contributed by atoms with E-state index in [-0.39, 0.29) is 5.91 Å². The van der Waals surface area contributed by atoms with Crippen LogP contribution in [0, 0.1) is 0 Å². The van der Waals surface area contributed by atoms with Gasteiger partial charge < -0.3 is 10.6 Å². The van der Waals surface area contributed by atoms with Crippen molar-refractivity contribution in [3.63, 3.8) is 0 Å². The van der Waals surface area contributed by atoms with Gasteiger partial charge in [0, 0.05) is 47.7 Å². The molecule has 2 N–H and O–H groups in total. The molecule has 1 amide bonds. The van der Waals surface area contributed by atoms with E-state index < -0.39 is 0 Å². The first-order valence-electron chi connectivity index (χ1n) is 6.56. The van der Waals surface area contributed by atoms with Gasteiger partial charge in [0.15, 0.2) is 0 Å². The Bertz CT molecular complexity index is 796. The molecule has 3 rings (SSSR count). The lowest BCUT2D eigenvalue weighted by Gasteiger charge is -2.09. The summed E-state index contributed by atoms with van der Waals surface area (Å²) in [5.41, 5.74) is 1.32. The minimum atomic E-state index is -0.168. The van der Waals surface area contributed by atoms with Crippen LogP contribution in [0.1, 0.15) is 10.4 Å². The Balaban J connectivity index is 1.93. The number of amides is 1. The Kier molecular flexibility index (Phi) is 3.47. The molecule has 0 unspecified atom stereocenters. The number of hydrogen-bond acceptors (Lipinski definition) is 4. The van der Waals surface area contributed by atoms with E-state index in [9.17, 15) is 4.79 Å². The SMILES string of the molecule is CNc1cc(C(=O)Nc2cccc3cnccc23)ccn1. The third-order valence-electron chi connectivity index (χ3n) is 3.21. The molecule has 5 heteroatoms. The first-order valence-corrected chi connectivity index (χ1v) is 6.56. The van der Waals surface area contributed by atoms with E-state index in [1.54, 1.807) is 37.8 Å².